The number of benzene rings is 2. The van der Waals surface area contributed by atoms with Gasteiger partial charge in [0.15, 0.2) is 0 Å². The highest BCUT2D eigenvalue weighted by molar-refractivity contribution is 5.94. The maximum absolute atomic E-state index is 11.5. The van der Waals surface area contributed by atoms with Gasteiger partial charge in [-0.25, -0.2) is 9.97 Å². The molecule has 0 saturated carbocycles. The average molecular weight is 422 g/mol. The van der Waals surface area contributed by atoms with Crippen LogP contribution in [-0.4, -0.2) is 52.6 Å². The highest BCUT2D eigenvalue weighted by Gasteiger charge is 2.17. The molecule has 1 saturated heterocycles. The Bertz CT molecular complexity index is 1070. The van der Waals surface area contributed by atoms with Crippen LogP contribution < -0.4 is 10.6 Å². The Kier molecular flexibility index (Phi) is 6.54. The third kappa shape index (κ3) is 5.07. The second-order valence-electron chi connectivity index (χ2n) is 7.46. The van der Waals surface area contributed by atoms with Gasteiger partial charge in [-0.1, -0.05) is 24.3 Å². The molecule has 2 N–H and O–H groups in total. The van der Waals surface area contributed by atoms with Gasteiger partial charge in [-0.05, 0) is 24.1 Å². The molecular formula is C22H26N6O3. The van der Waals surface area contributed by atoms with Gasteiger partial charge in [-0.15, -0.1) is 0 Å². The van der Waals surface area contributed by atoms with Gasteiger partial charge in [-0.2, -0.15) is 0 Å². The second-order valence-corrected chi connectivity index (χ2v) is 7.46. The van der Waals surface area contributed by atoms with Crippen LogP contribution in [0.5, 0.6) is 0 Å². The van der Waals surface area contributed by atoms with Gasteiger partial charge in [-0.3, -0.25) is 15.0 Å². The van der Waals surface area contributed by atoms with Crippen LogP contribution in [0.25, 0.3) is 10.9 Å². The molecule has 0 spiro atoms. The van der Waals surface area contributed by atoms with E-state index in [2.05, 4.69) is 49.8 Å². The number of anilines is 2. The predicted octanol–water partition coefficient (Wildman–Crippen LogP) is 3.41. The average Bonchev–Trinajstić information content (AvgIpc) is 2.78. The van der Waals surface area contributed by atoms with Crippen molar-refractivity contribution in [3.05, 3.63) is 64.0 Å². The summed E-state index contributed by atoms with van der Waals surface area (Å²) >= 11 is 0. The molecule has 1 fully saturated rings. The molecule has 2 aromatic carbocycles. The van der Waals surface area contributed by atoms with Crippen molar-refractivity contribution < 1.29 is 9.66 Å². The highest BCUT2D eigenvalue weighted by atomic mass is 16.6. The lowest BCUT2D eigenvalue weighted by Crippen LogP contribution is -2.35. The van der Waals surface area contributed by atoms with Crippen molar-refractivity contribution in [2.75, 3.05) is 43.5 Å². The number of ether oxygens (including phenoxy) is 1. The van der Waals surface area contributed by atoms with E-state index in [1.807, 2.05) is 6.92 Å². The zero-order valence-corrected chi connectivity index (χ0v) is 17.5. The van der Waals surface area contributed by atoms with Crippen molar-refractivity contribution in [2.45, 2.75) is 20.0 Å². The summed E-state index contributed by atoms with van der Waals surface area (Å²) < 4.78 is 5.42. The molecule has 0 amide bonds. The van der Waals surface area contributed by atoms with Crippen LogP contribution in [0.15, 0.2) is 42.7 Å². The van der Waals surface area contributed by atoms with E-state index in [-0.39, 0.29) is 10.6 Å². The molecule has 9 heteroatoms. The summed E-state index contributed by atoms with van der Waals surface area (Å²) in [5.74, 6) is 0.578. The Morgan fingerprint density at radius 1 is 1.13 bits per heavy atom. The molecule has 9 nitrogen and oxygen atoms in total. The molecule has 1 aromatic heterocycles. The maximum Gasteiger partial charge on any atom is 0.293 e. The summed E-state index contributed by atoms with van der Waals surface area (Å²) in [5, 5.41) is 18.5. The molecule has 1 aliphatic rings. The summed E-state index contributed by atoms with van der Waals surface area (Å²) in [6.07, 6.45) is 1.47. The Morgan fingerprint density at radius 3 is 2.71 bits per heavy atom. The van der Waals surface area contributed by atoms with Crippen molar-refractivity contribution in [1.29, 1.82) is 0 Å². The second kappa shape index (κ2) is 9.67. The summed E-state index contributed by atoms with van der Waals surface area (Å²) in [5.41, 5.74) is 3.50. The Morgan fingerprint density at radius 2 is 1.94 bits per heavy atom. The Labute approximate surface area is 180 Å². The lowest BCUT2D eigenvalue weighted by molar-refractivity contribution is -0.383. The summed E-state index contributed by atoms with van der Waals surface area (Å²) in [7, 11) is 0. The monoisotopic (exact) mass is 422 g/mol. The predicted molar refractivity (Wildman–Crippen MR) is 120 cm³/mol. The molecule has 3 aromatic rings. The zero-order chi connectivity index (χ0) is 21.6. The van der Waals surface area contributed by atoms with E-state index in [4.69, 9.17) is 4.74 Å². The van der Waals surface area contributed by atoms with Crippen molar-refractivity contribution >= 4 is 28.1 Å². The molecule has 1 aliphatic heterocycles. The molecule has 0 bridgehead atoms. The van der Waals surface area contributed by atoms with Gasteiger partial charge in [0, 0.05) is 44.2 Å². The molecule has 162 valence electrons. The fourth-order valence-corrected chi connectivity index (χ4v) is 3.76. The number of aromatic nitrogens is 2. The van der Waals surface area contributed by atoms with Gasteiger partial charge in [0.2, 0.25) is 0 Å². The van der Waals surface area contributed by atoms with Gasteiger partial charge in [0.25, 0.3) is 5.69 Å². The molecule has 0 radical (unpaired) electrons. The first-order valence-electron chi connectivity index (χ1n) is 10.4. The minimum Gasteiger partial charge on any atom is -0.380 e. The van der Waals surface area contributed by atoms with E-state index < -0.39 is 0 Å². The van der Waals surface area contributed by atoms with E-state index in [1.165, 1.54) is 18.0 Å². The van der Waals surface area contributed by atoms with Crippen LogP contribution in [-0.2, 0) is 17.8 Å². The van der Waals surface area contributed by atoms with Gasteiger partial charge < -0.3 is 15.4 Å². The van der Waals surface area contributed by atoms with E-state index in [9.17, 15) is 10.1 Å². The van der Waals surface area contributed by atoms with Crippen LogP contribution >= 0.6 is 0 Å². The van der Waals surface area contributed by atoms with Crippen LogP contribution in [0.4, 0.5) is 17.2 Å². The first-order valence-corrected chi connectivity index (χ1v) is 10.4. The van der Waals surface area contributed by atoms with Crippen LogP contribution in [0.2, 0.25) is 0 Å². The van der Waals surface area contributed by atoms with E-state index in [0.29, 0.717) is 35.5 Å². The maximum atomic E-state index is 11.5. The third-order valence-electron chi connectivity index (χ3n) is 5.28. The summed E-state index contributed by atoms with van der Waals surface area (Å²) in [6, 6.07) is 11.7. The topological polar surface area (TPSA) is 105 Å². The standard InChI is InChI=1S/C22H26N6O3/c1-2-23-20-12-19-18(11-21(20)28(29)30)22(26-15-25-19)24-13-16-4-3-5-17(10-16)14-27-6-8-31-9-7-27/h3-5,10-12,15,23H,2,6-9,13-14H2,1H3,(H,24,25,26). The molecule has 31 heavy (non-hydrogen) atoms. The molecule has 4 rings (SSSR count). The molecule has 0 atom stereocenters. The Hall–Kier alpha value is -3.30. The molecular weight excluding hydrogens is 396 g/mol. The molecule has 0 unspecified atom stereocenters. The quantitative estimate of drug-likeness (QED) is 0.420. The summed E-state index contributed by atoms with van der Waals surface area (Å²) in [6.45, 7) is 7.40. The number of fused-ring (bicyclic) bond motifs is 1. The minimum atomic E-state index is -0.386. The normalized spacial score (nSPS) is 14.5. The Balaban J connectivity index is 1.53. The minimum absolute atomic E-state index is 0.0136. The number of morpholine rings is 1. The van der Waals surface area contributed by atoms with Crippen molar-refractivity contribution in [3.8, 4) is 0 Å². The van der Waals surface area contributed by atoms with E-state index in [1.54, 1.807) is 6.07 Å². The fraction of sp³-hybridized carbons (Fsp3) is 0.364. The largest absolute Gasteiger partial charge is 0.380 e. The number of hydrogen-bond acceptors (Lipinski definition) is 8. The molecule has 0 aliphatic carbocycles. The number of nitro benzene ring substituents is 1. The lowest BCUT2D eigenvalue weighted by atomic mass is 10.1. The van der Waals surface area contributed by atoms with Crippen LogP contribution in [0, 0.1) is 10.1 Å². The van der Waals surface area contributed by atoms with Gasteiger partial charge >= 0.3 is 0 Å². The van der Waals surface area contributed by atoms with Gasteiger partial charge in [0.05, 0.1) is 23.7 Å². The van der Waals surface area contributed by atoms with Crippen LogP contribution in [0.3, 0.4) is 0 Å². The number of nitrogens with zero attached hydrogens (tertiary/aromatic N) is 4. The number of hydrogen-bond donors (Lipinski definition) is 2. The summed E-state index contributed by atoms with van der Waals surface area (Å²) in [4.78, 5) is 22.1. The van der Waals surface area contributed by atoms with E-state index >= 15 is 0 Å². The van der Waals surface area contributed by atoms with Crippen molar-refractivity contribution in [1.82, 2.24) is 14.9 Å². The third-order valence-corrected chi connectivity index (χ3v) is 5.28. The SMILES string of the molecule is CCNc1cc2ncnc(NCc3cccc(CN4CCOCC4)c3)c2cc1[N+](=O)[O-]. The van der Waals surface area contributed by atoms with E-state index in [0.717, 1.165) is 38.4 Å². The lowest BCUT2D eigenvalue weighted by Gasteiger charge is -2.26. The highest BCUT2D eigenvalue weighted by Crippen LogP contribution is 2.32. The van der Waals surface area contributed by atoms with Gasteiger partial charge in [0.1, 0.15) is 17.8 Å². The smallest absolute Gasteiger partial charge is 0.293 e. The van der Waals surface area contributed by atoms with Crippen LogP contribution in [0.1, 0.15) is 18.1 Å². The number of rotatable bonds is 8. The first kappa shape index (κ1) is 21.0. The number of nitro groups is 1. The fourth-order valence-electron chi connectivity index (χ4n) is 3.76. The first-order chi connectivity index (χ1) is 15.1. The zero-order valence-electron chi connectivity index (χ0n) is 17.5. The van der Waals surface area contributed by atoms with Crippen molar-refractivity contribution in [3.63, 3.8) is 0 Å². The molecule has 2 heterocycles. The van der Waals surface area contributed by atoms with Crippen molar-refractivity contribution in [2.24, 2.45) is 0 Å². The number of nitrogens with one attached hydrogen (secondary N) is 2.